The van der Waals surface area contributed by atoms with Crippen LogP contribution in [0.4, 0.5) is 0 Å². The Balaban J connectivity index is 3.06. The van der Waals surface area contributed by atoms with Gasteiger partial charge in [-0.2, -0.15) is 4.31 Å². The number of carbonyl (C=O) groups is 1. The van der Waals surface area contributed by atoms with Crippen LogP contribution in [-0.4, -0.2) is 46.4 Å². The van der Waals surface area contributed by atoms with Crippen molar-refractivity contribution in [3.05, 3.63) is 23.2 Å². The van der Waals surface area contributed by atoms with Crippen molar-refractivity contribution in [1.82, 2.24) is 9.62 Å². The zero-order valence-electron chi connectivity index (χ0n) is 10.8. The second-order valence-electron chi connectivity index (χ2n) is 3.73. The number of sulfonamides is 1. The van der Waals surface area contributed by atoms with Gasteiger partial charge < -0.3 is 10.1 Å². The number of rotatable bonds is 5. The van der Waals surface area contributed by atoms with Crippen LogP contribution in [0.5, 0.6) is 5.75 Å². The molecule has 0 spiro atoms. The highest BCUT2D eigenvalue weighted by Gasteiger charge is 2.23. The van der Waals surface area contributed by atoms with Crippen LogP contribution in [0.2, 0.25) is 5.02 Å². The quantitative estimate of drug-likeness (QED) is 0.869. The number of methoxy groups -OCH3 is 1. The first-order valence-corrected chi connectivity index (χ1v) is 7.15. The average molecular weight is 307 g/mol. The zero-order valence-corrected chi connectivity index (χ0v) is 12.4. The van der Waals surface area contributed by atoms with Crippen LogP contribution >= 0.6 is 11.6 Å². The van der Waals surface area contributed by atoms with Crippen molar-refractivity contribution in [2.75, 3.05) is 27.7 Å². The van der Waals surface area contributed by atoms with Gasteiger partial charge in [0.05, 0.1) is 23.6 Å². The molecule has 106 valence electrons. The third-order valence-electron chi connectivity index (χ3n) is 2.48. The van der Waals surface area contributed by atoms with Crippen LogP contribution in [0.25, 0.3) is 0 Å². The summed E-state index contributed by atoms with van der Waals surface area (Å²) in [7, 11) is 0.438. The summed E-state index contributed by atoms with van der Waals surface area (Å²) in [5, 5.41) is 2.55. The number of likely N-dealkylation sites (N-methyl/N-ethyl adjacent to an activating group) is 2. The molecule has 0 aromatic heterocycles. The smallest absolute Gasteiger partial charge is 0.243 e. The highest BCUT2D eigenvalue weighted by Crippen LogP contribution is 2.27. The highest BCUT2D eigenvalue weighted by molar-refractivity contribution is 7.89. The minimum absolute atomic E-state index is 0.00435. The van der Waals surface area contributed by atoms with E-state index >= 15 is 0 Å². The molecular weight excluding hydrogens is 292 g/mol. The predicted molar refractivity (Wildman–Crippen MR) is 71.9 cm³/mol. The topological polar surface area (TPSA) is 75.7 Å². The van der Waals surface area contributed by atoms with Gasteiger partial charge in [-0.25, -0.2) is 8.42 Å². The molecule has 0 aliphatic carbocycles. The average Bonchev–Trinajstić information content (AvgIpc) is 2.38. The molecule has 0 atom stereocenters. The number of benzene rings is 1. The summed E-state index contributed by atoms with van der Waals surface area (Å²) in [6.07, 6.45) is 0. The lowest BCUT2D eigenvalue weighted by molar-refractivity contribution is -0.120. The summed E-state index contributed by atoms with van der Waals surface area (Å²) in [5.41, 5.74) is 0. The monoisotopic (exact) mass is 306 g/mol. The molecule has 0 unspecified atom stereocenters. The molecule has 1 rings (SSSR count). The number of ether oxygens (including phenoxy) is 1. The Morgan fingerprint density at radius 1 is 1.47 bits per heavy atom. The molecule has 1 aromatic rings. The number of amides is 1. The maximum absolute atomic E-state index is 12.2. The lowest BCUT2D eigenvalue weighted by Gasteiger charge is -2.16. The molecular formula is C11H15ClN2O4S. The van der Waals surface area contributed by atoms with E-state index in [0.717, 1.165) is 4.31 Å². The molecule has 1 N–H and O–H groups in total. The van der Waals surface area contributed by atoms with Crippen molar-refractivity contribution in [3.63, 3.8) is 0 Å². The normalized spacial score (nSPS) is 11.4. The Kier molecular flexibility index (Phi) is 5.16. The molecule has 6 nitrogen and oxygen atoms in total. The van der Waals surface area contributed by atoms with Gasteiger partial charge in [0.2, 0.25) is 15.9 Å². The van der Waals surface area contributed by atoms with E-state index in [4.69, 9.17) is 16.3 Å². The molecule has 0 aliphatic heterocycles. The van der Waals surface area contributed by atoms with E-state index in [2.05, 4.69) is 5.32 Å². The molecule has 0 radical (unpaired) electrons. The van der Waals surface area contributed by atoms with E-state index in [9.17, 15) is 13.2 Å². The summed E-state index contributed by atoms with van der Waals surface area (Å²) >= 11 is 5.89. The van der Waals surface area contributed by atoms with Crippen molar-refractivity contribution < 1.29 is 17.9 Å². The van der Waals surface area contributed by atoms with Gasteiger partial charge in [0.25, 0.3) is 0 Å². The fourth-order valence-corrected chi connectivity index (χ4v) is 2.83. The van der Waals surface area contributed by atoms with Gasteiger partial charge in [-0.05, 0) is 18.2 Å². The van der Waals surface area contributed by atoms with Crippen LogP contribution in [-0.2, 0) is 14.8 Å². The van der Waals surface area contributed by atoms with E-state index in [1.54, 1.807) is 0 Å². The van der Waals surface area contributed by atoms with Gasteiger partial charge in [0.1, 0.15) is 5.75 Å². The lowest BCUT2D eigenvalue weighted by Crippen LogP contribution is -2.36. The Morgan fingerprint density at radius 2 is 2.11 bits per heavy atom. The van der Waals surface area contributed by atoms with Gasteiger partial charge in [0, 0.05) is 14.1 Å². The van der Waals surface area contributed by atoms with Crippen LogP contribution in [0, 0.1) is 0 Å². The third-order valence-corrected chi connectivity index (χ3v) is 4.57. The first-order valence-electron chi connectivity index (χ1n) is 5.33. The van der Waals surface area contributed by atoms with Gasteiger partial charge >= 0.3 is 0 Å². The van der Waals surface area contributed by atoms with E-state index in [1.165, 1.54) is 39.4 Å². The van der Waals surface area contributed by atoms with Crippen molar-refractivity contribution in [2.24, 2.45) is 0 Å². The summed E-state index contributed by atoms with van der Waals surface area (Å²) < 4.78 is 30.3. The standard InChI is InChI=1S/C11H15ClN2O4S/c1-13-11(15)7-14(2)19(16,17)8-4-5-10(18-3)9(12)6-8/h4-6H,7H2,1-3H3,(H,13,15). The Bertz CT molecular complexity index is 574. The van der Waals surface area contributed by atoms with Gasteiger partial charge in [-0.3, -0.25) is 4.79 Å². The zero-order chi connectivity index (χ0) is 14.6. The van der Waals surface area contributed by atoms with Crippen LogP contribution < -0.4 is 10.1 Å². The number of halogens is 1. The van der Waals surface area contributed by atoms with E-state index in [1.807, 2.05) is 0 Å². The third kappa shape index (κ3) is 3.59. The second-order valence-corrected chi connectivity index (χ2v) is 6.18. The largest absolute Gasteiger partial charge is 0.495 e. The Morgan fingerprint density at radius 3 is 2.58 bits per heavy atom. The Hall–Kier alpha value is -1.31. The Labute approximate surface area is 117 Å². The predicted octanol–water partition coefficient (Wildman–Crippen LogP) is 0.715. The highest BCUT2D eigenvalue weighted by atomic mass is 35.5. The molecule has 0 heterocycles. The summed E-state index contributed by atoms with van der Waals surface area (Å²) in [4.78, 5) is 11.2. The molecule has 0 saturated carbocycles. The lowest BCUT2D eigenvalue weighted by atomic mass is 10.3. The fourth-order valence-electron chi connectivity index (χ4n) is 1.35. The van der Waals surface area contributed by atoms with Crippen molar-refractivity contribution in [2.45, 2.75) is 4.90 Å². The van der Waals surface area contributed by atoms with Crippen LogP contribution in [0.3, 0.4) is 0 Å². The number of carbonyl (C=O) groups excluding carboxylic acids is 1. The van der Waals surface area contributed by atoms with Crippen molar-refractivity contribution in [1.29, 1.82) is 0 Å². The van der Waals surface area contributed by atoms with E-state index in [0.29, 0.717) is 5.75 Å². The molecule has 0 bridgehead atoms. The SMILES string of the molecule is CNC(=O)CN(C)S(=O)(=O)c1ccc(OC)c(Cl)c1. The molecule has 8 heteroatoms. The molecule has 0 saturated heterocycles. The minimum atomic E-state index is -3.76. The van der Waals surface area contributed by atoms with E-state index < -0.39 is 15.9 Å². The maximum atomic E-state index is 12.2. The minimum Gasteiger partial charge on any atom is -0.495 e. The summed E-state index contributed by atoms with van der Waals surface area (Å²) in [6.45, 7) is -0.261. The first kappa shape index (κ1) is 15.7. The molecule has 1 amide bonds. The molecule has 19 heavy (non-hydrogen) atoms. The number of hydrogen-bond acceptors (Lipinski definition) is 4. The maximum Gasteiger partial charge on any atom is 0.243 e. The summed E-state index contributed by atoms with van der Waals surface area (Å²) in [5.74, 6) is -0.0137. The molecule has 0 fully saturated rings. The molecule has 0 aliphatic rings. The van der Waals surface area contributed by atoms with Gasteiger partial charge in [0.15, 0.2) is 0 Å². The van der Waals surface area contributed by atoms with Gasteiger partial charge in [-0.15, -0.1) is 0 Å². The van der Waals surface area contributed by atoms with Gasteiger partial charge in [-0.1, -0.05) is 11.6 Å². The fraction of sp³-hybridized carbons (Fsp3) is 0.364. The second kappa shape index (κ2) is 6.23. The summed E-state index contributed by atoms with van der Waals surface area (Å²) in [6, 6.07) is 4.12. The number of nitrogens with one attached hydrogen (secondary N) is 1. The number of hydrogen-bond donors (Lipinski definition) is 1. The molecule has 1 aromatic carbocycles. The van der Waals surface area contributed by atoms with Crippen molar-refractivity contribution in [3.8, 4) is 5.75 Å². The van der Waals surface area contributed by atoms with Crippen molar-refractivity contribution >= 4 is 27.5 Å². The first-order chi connectivity index (χ1) is 8.82. The van der Waals surface area contributed by atoms with Crippen LogP contribution in [0.15, 0.2) is 23.1 Å². The number of nitrogens with zero attached hydrogens (tertiary/aromatic N) is 1. The van der Waals surface area contributed by atoms with Crippen LogP contribution in [0.1, 0.15) is 0 Å². The van der Waals surface area contributed by atoms with E-state index in [-0.39, 0.29) is 16.5 Å².